The average molecular weight is 193 g/mol. The summed E-state index contributed by atoms with van der Waals surface area (Å²) in [6, 6.07) is 5.81. The molecule has 0 radical (unpaired) electrons. The number of allylic oxidation sites excluding steroid dienone is 2. The predicted molar refractivity (Wildman–Crippen MR) is 60.9 cm³/mol. The summed E-state index contributed by atoms with van der Waals surface area (Å²) in [5, 5.41) is 0.744. The van der Waals surface area contributed by atoms with Gasteiger partial charge in [-0.1, -0.05) is 42.5 Å². The zero-order valence-electron chi connectivity index (χ0n) is 8.02. The smallest absolute Gasteiger partial charge is 0.0486 e. The Morgan fingerprint density at radius 3 is 2.15 bits per heavy atom. The average Bonchev–Trinajstić information content (AvgIpc) is 2.02. The van der Waals surface area contributed by atoms with Gasteiger partial charge in [-0.3, -0.25) is 0 Å². The van der Waals surface area contributed by atoms with Gasteiger partial charge in [-0.25, -0.2) is 0 Å². The number of hydrogen-bond donors (Lipinski definition) is 0. The summed E-state index contributed by atoms with van der Waals surface area (Å²) >= 11 is 6.07. The first kappa shape index (κ1) is 10.1. The van der Waals surface area contributed by atoms with Crippen LogP contribution in [-0.2, 0) is 0 Å². The van der Waals surface area contributed by atoms with Crippen molar-refractivity contribution < 1.29 is 0 Å². The molecule has 0 unspecified atom stereocenters. The Morgan fingerprint density at radius 1 is 1.15 bits per heavy atom. The third-order valence-electron chi connectivity index (χ3n) is 1.90. The molecule has 1 aromatic rings. The fourth-order valence-electron chi connectivity index (χ4n) is 1.31. The van der Waals surface area contributed by atoms with Gasteiger partial charge in [-0.05, 0) is 31.1 Å². The standard InChI is InChI=1S/C12H13Cl/c1-8(2)10-6-5-7-11(13)12(10)9(3)4/h5-7H,1,3H2,2,4H3. The number of rotatable bonds is 2. The fraction of sp³-hybridized carbons (Fsp3) is 0.167. The molecule has 0 spiro atoms. The molecule has 13 heavy (non-hydrogen) atoms. The van der Waals surface area contributed by atoms with E-state index < -0.39 is 0 Å². The maximum Gasteiger partial charge on any atom is 0.0486 e. The minimum atomic E-state index is 0.744. The summed E-state index contributed by atoms with van der Waals surface area (Å²) in [6.07, 6.45) is 0. The highest BCUT2D eigenvalue weighted by atomic mass is 35.5. The van der Waals surface area contributed by atoms with Gasteiger partial charge in [0.2, 0.25) is 0 Å². The number of hydrogen-bond acceptors (Lipinski definition) is 0. The lowest BCUT2D eigenvalue weighted by molar-refractivity contribution is 1.50. The normalized spacial score (nSPS) is 9.77. The number of benzene rings is 1. The summed E-state index contributed by atoms with van der Waals surface area (Å²) in [7, 11) is 0. The molecular formula is C12H13Cl. The zero-order chi connectivity index (χ0) is 10.0. The van der Waals surface area contributed by atoms with E-state index in [0.717, 1.165) is 27.3 Å². The van der Waals surface area contributed by atoms with Crippen molar-refractivity contribution >= 4 is 22.7 Å². The monoisotopic (exact) mass is 192 g/mol. The summed E-state index contributed by atoms with van der Waals surface area (Å²) in [6.45, 7) is 11.7. The van der Waals surface area contributed by atoms with Crippen LogP contribution < -0.4 is 0 Å². The summed E-state index contributed by atoms with van der Waals surface area (Å²) in [4.78, 5) is 0. The van der Waals surface area contributed by atoms with E-state index in [-0.39, 0.29) is 0 Å². The molecule has 0 N–H and O–H groups in total. The lowest BCUT2D eigenvalue weighted by atomic mass is 9.97. The molecule has 0 saturated heterocycles. The maximum atomic E-state index is 6.07. The van der Waals surface area contributed by atoms with Crippen molar-refractivity contribution in [2.75, 3.05) is 0 Å². The van der Waals surface area contributed by atoms with Crippen molar-refractivity contribution in [3.05, 3.63) is 47.5 Å². The second kappa shape index (κ2) is 3.80. The highest BCUT2D eigenvalue weighted by molar-refractivity contribution is 6.32. The first-order valence-corrected chi connectivity index (χ1v) is 4.52. The van der Waals surface area contributed by atoms with Crippen molar-refractivity contribution in [1.29, 1.82) is 0 Å². The lowest BCUT2D eigenvalue weighted by Crippen LogP contribution is -1.89. The van der Waals surface area contributed by atoms with Crippen LogP contribution in [0.15, 0.2) is 31.4 Å². The second-order valence-electron chi connectivity index (χ2n) is 3.22. The van der Waals surface area contributed by atoms with E-state index in [9.17, 15) is 0 Å². The molecule has 0 saturated carbocycles. The van der Waals surface area contributed by atoms with Crippen LogP contribution in [0.2, 0.25) is 5.02 Å². The first-order valence-electron chi connectivity index (χ1n) is 4.14. The van der Waals surface area contributed by atoms with Crippen LogP contribution in [0.5, 0.6) is 0 Å². The van der Waals surface area contributed by atoms with E-state index in [1.807, 2.05) is 32.0 Å². The van der Waals surface area contributed by atoms with E-state index in [0.29, 0.717) is 0 Å². The molecule has 0 aromatic heterocycles. The molecule has 1 heteroatoms. The predicted octanol–water partition coefficient (Wildman–Crippen LogP) is 4.41. The third-order valence-corrected chi connectivity index (χ3v) is 2.22. The van der Waals surface area contributed by atoms with E-state index >= 15 is 0 Å². The van der Waals surface area contributed by atoms with E-state index in [2.05, 4.69) is 13.2 Å². The maximum absolute atomic E-state index is 6.07. The minimum Gasteiger partial charge on any atom is -0.0955 e. The molecular weight excluding hydrogens is 180 g/mol. The van der Waals surface area contributed by atoms with E-state index in [1.54, 1.807) is 0 Å². The zero-order valence-corrected chi connectivity index (χ0v) is 8.78. The lowest BCUT2D eigenvalue weighted by Gasteiger charge is -2.10. The fourth-order valence-corrected chi connectivity index (χ4v) is 1.65. The van der Waals surface area contributed by atoms with E-state index in [4.69, 9.17) is 11.6 Å². The number of halogens is 1. The molecule has 0 bridgehead atoms. The molecule has 68 valence electrons. The molecule has 0 aliphatic heterocycles. The Hall–Kier alpha value is -1.01. The van der Waals surface area contributed by atoms with Crippen molar-refractivity contribution in [2.45, 2.75) is 13.8 Å². The first-order chi connectivity index (χ1) is 6.04. The van der Waals surface area contributed by atoms with Crippen LogP contribution >= 0.6 is 11.6 Å². The van der Waals surface area contributed by atoms with Crippen LogP contribution in [-0.4, -0.2) is 0 Å². The quantitative estimate of drug-likeness (QED) is 0.652. The van der Waals surface area contributed by atoms with Crippen molar-refractivity contribution in [1.82, 2.24) is 0 Å². The Labute approximate surface area is 84.5 Å². The van der Waals surface area contributed by atoms with Crippen LogP contribution in [0, 0.1) is 0 Å². The van der Waals surface area contributed by atoms with Gasteiger partial charge in [0.15, 0.2) is 0 Å². The molecule has 0 fully saturated rings. The molecule has 0 aliphatic rings. The Morgan fingerprint density at radius 2 is 1.77 bits per heavy atom. The van der Waals surface area contributed by atoms with Crippen molar-refractivity contribution in [3.63, 3.8) is 0 Å². The molecule has 1 rings (SSSR count). The topological polar surface area (TPSA) is 0 Å². The molecule has 0 amide bonds. The van der Waals surface area contributed by atoms with Crippen LogP contribution in [0.1, 0.15) is 25.0 Å². The summed E-state index contributed by atoms with van der Waals surface area (Å²) in [5.74, 6) is 0. The second-order valence-corrected chi connectivity index (χ2v) is 3.63. The van der Waals surface area contributed by atoms with Crippen molar-refractivity contribution in [2.24, 2.45) is 0 Å². The van der Waals surface area contributed by atoms with Crippen LogP contribution in [0.4, 0.5) is 0 Å². The van der Waals surface area contributed by atoms with Gasteiger partial charge in [0.05, 0.1) is 0 Å². The Bertz CT molecular complexity index is 361. The third kappa shape index (κ3) is 2.02. The molecule has 1 aromatic carbocycles. The van der Waals surface area contributed by atoms with E-state index in [1.165, 1.54) is 0 Å². The van der Waals surface area contributed by atoms with Gasteiger partial charge < -0.3 is 0 Å². The Balaban J connectivity index is 3.43. The summed E-state index contributed by atoms with van der Waals surface area (Å²) < 4.78 is 0. The van der Waals surface area contributed by atoms with Gasteiger partial charge >= 0.3 is 0 Å². The van der Waals surface area contributed by atoms with Gasteiger partial charge in [0.25, 0.3) is 0 Å². The highest BCUT2D eigenvalue weighted by Crippen LogP contribution is 2.29. The summed E-state index contributed by atoms with van der Waals surface area (Å²) in [5.41, 5.74) is 4.08. The molecule has 0 atom stereocenters. The van der Waals surface area contributed by atoms with Gasteiger partial charge in [-0.2, -0.15) is 0 Å². The highest BCUT2D eigenvalue weighted by Gasteiger charge is 2.07. The van der Waals surface area contributed by atoms with Gasteiger partial charge in [0, 0.05) is 10.6 Å². The SMILES string of the molecule is C=C(C)c1cccc(Cl)c1C(=C)C. The minimum absolute atomic E-state index is 0.744. The van der Waals surface area contributed by atoms with Gasteiger partial charge in [-0.15, -0.1) is 0 Å². The molecule has 0 aliphatic carbocycles. The van der Waals surface area contributed by atoms with Crippen LogP contribution in [0.25, 0.3) is 11.1 Å². The van der Waals surface area contributed by atoms with Crippen LogP contribution in [0.3, 0.4) is 0 Å². The van der Waals surface area contributed by atoms with Gasteiger partial charge in [0.1, 0.15) is 0 Å². The molecule has 0 nitrogen and oxygen atoms in total. The van der Waals surface area contributed by atoms with Crippen molar-refractivity contribution in [3.8, 4) is 0 Å². The Kier molecular flexibility index (Phi) is 2.94. The molecule has 0 heterocycles. The largest absolute Gasteiger partial charge is 0.0955 e.